The summed E-state index contributed by atoms with van der Waals surface area (Å²) in [5.41, 5.74) is 0. The smallest absolute Gasteiger partial charge is 0.00181 e. The Bertz CT molecular complexity index is 90.7. The lowest BCUT2D eigenvalue weighted by Crippen LogP contribution is -2.23. The van der Waals surface area contributed by atoms with Crippen molar-refractivity contribution in [2.24, 2.45) is 11.8 Å². The molecule has 0 bridgehead atoms. The molecule has 1 rings (SSSR count). The van der Waals surface area contributed by atoms with Gasteiger partial charge >= 0.3 is 0 Å². The standard InChI is InChI=1S/C9H19N/c1-3-10-7-9-6-4-5-8(9)2/h8-10H,3-7H2,1-2H3. The van der Waals surface area contributed by atoms with E-state index in [0.717, 1.165) is 18.4 Å². The summed E-state index contributed by atoms with van der Waals surface area (Å²) in [4.78, 5) is 0. The minimum absolute atomic E-state index is 0.971. The molecule has 1 N–H and O–H groups in total. The Labute approximate surface area is 64.2 Å². The maximum absolute atomic E-state index is 3.42. The second-order valence-electron chi connectivity index (χ2n) is 3.48. The average molecular weight is 141 g/mol. The second kappa shape index (κ2) is 3.97. The van der Waals surface area contributed by atoms with Crippen molar-refractivity contribution >= 4 is 0 Å². The van der Waals surface area contributed by atoms with Crippen LogP contribution < -0.4 is 5.32 Å². The van der Waals surface area contributed by atoms with Crippen LogP contribution in [0, 0.1) is 11.8 Å². The molecule has 1 fully saturated rings. The molecule has 0 heterocycles. The molecule has 1 aliphatic carbocycles. The number of hydrogen-bond donors (Lipinski definition) is 1. The van der Waals surface area contributed by atoms with Gasteiger partial charge in [-0.25, -0.2) is 0 Å². The summed E-state index contributed by atoms with van der Waals surface area (Å²) in [6, 6.07) is 0. The van der Waals surface area contributed by atoms with Gasteiger partial charge in [-0.05, 0) is 31.3 Å². The Balaban J connectivity index is 2.14. The van der Waals surface area contributed by atoms with E-state index in [1.54, 1.807) is 0 Å². The molecule has 0 saturated heterocycles. The molecule has 1 nitrogen and oxygen atoms in total. The molecule has 0 aromatic carbocycles. The van der Waals surface area contributed by atoms with Crippen LogP contribution in [0.2, 0.25) is 0 Å². The van der Waals surface area contributed by atoms with Gasteiger partial charge in [0.2, 0.25) is 0 Å². The summed E-state index contributed by atoms with van der Waals surface area (Å²) in [5.74, 6) is 1.94. The van der Waals surface area contributed by atoms with E-state index >= 15 is 0 Å². The van der Waals surface area contributed by atoms with Crippen LogP contribution in [0.25, 0.3) is 0 Å². The highest BCUT2D eigenvalue weighted by atomic mass is 14.8. The van der Waals surface area contributed by atoms with Gasteiger partial charge in [0.25, 0.3) is 0 Å². The summed E-state index contributed by atoms with van der Waals surface area (Å²) < 4.78 is 0. The molecule has 0 spiro atoms. The maximum Gasteiger partial charge on any atom is -0.00181 e. The molecular formula is C9H19N. The molecule has 0 aromatic heterocycles. The maximum atomic E-state index is 3.42. The Morgan fingerprint density at radius 2 is 2.20 bits per heavy atom. The second-order valence-corrected chi connectivity index (χ2v) is 3.48. The summed E-state index contributed by atoms with van der Waals surface area (Å²) in [6.45, 7) is 6.94. The predicted molar refractivity (Wildman–Crippen MR) is 45.0 cm³/mol. The summed E-state index contributed by atoms with van der Waals surface area (Å²) in [7, 11) is 0. The first kappa shape index (κ1) is 8.06. The fraction of sp³-hybridized carbons (Fsp3) is 1.00. The SMILES string of the molecule is CCNCC1CCCC1C. The van der Waals surface area contributed by atoms with Gasteiger partial charge in [0.1, 0.15) is 0 Å². The monoisotopic (exact) mass is 141 g/mol. The van der Waals surface area contributed by atoms with Crippen LogP contribution >= 0.6 is 0 Å². The van der Waals surface area contributed by atoms with Crippen LogP contribution in [0.4, 0.5) is 0 Å². The number of rotatable bonds is 3. The van der Waals surface area contributed by atoms with Crippen molar-refractivity contribution in [2.75, 3.05) is 13.1 Å². The van der Waals surface area contributed by atoms with Crippen molar-refractivity contribution in [1.82, 2.24) is 5.32 Å². The van der Waals surface area contributed by atoms with Crippen LogP contribution in [-0.2, 0) is 0 Å². The van der Waals surface area contributed by atoms with Crippen molar-refractivity contribution in [3.8, 4) is 0 Å². The minimum atomic E-state index is 0.971. The Morgan fingerprint density at radius 3 is 2.70 bits per heavy atom. The lowest BCUT2D eigenvalue weighted by Gasteiger charge is -2.14. The molecule has 0 aromatic rings. The zero-order valence-corrected chi connectivity index (χ0v) is 7.19. The molecule has 2 unspecified atom stereocenters. The van der Waals surface area contributed by atoms with Crippen molar-refractivity contribution in [3.05, 3.63) is 0 Å². The molecule has 1 saturated carbocycles. The fourth-order valence-corrected chi connectivity index (χ4v) is 1.86. The predicted octanol–water partition coefficient (Wildman–Crippen LogP) is 2.03. The van der Waals surface area contributed by atoms with Crippen molar-refractivity contribution in [2.45, 2.75) is 33.1 Å². The van der Waals surface area contributed by atoms with Crippen LogP contribution in [0.3, 0.4) is 0 Å². The van der Waals surface area contributed by atoms with E-state index in [9.17, 15) is 0 Å². The third-order valence-corrected chi connectivity index (χ3v) is 2.70. The molecule has 0 amide bonds. The number of hydrogen-bond acceptors (Lipinski definition) is 1. The Kier molecular flexibility index (Phi) is 3.20. The van der Waals surface area contributed by atoms with E-state index in [4.69, 9.17) is 0 Å². The topological polar surface area (TPSA) is 12.0 Å². The quantitative estimate of drug-likeness (QED) is 0.634. The molecule has 1 aliphatic rings. The first-order valence-electron chi connectivity index (χ1n) is 4.55. The summed E-state index contributed by atoms with van der Waals surface area (Å²) >= 11 is 0. The van der Waals surface area contributed by atoms with E-state index in [0.29, 0.717) is 0 Å². The highest BCUT2D eigenvalue weighted by Gasteiger charge is 2.21. The summed E-state index contributed by atoms with van der Waals surface area (Å²) in [5, 5.41) is 3.42. The van der Waals surface area contributed by atoms with Crippen molar-refractivity contribution < 1.29 is 0 Å². The molecule has 10 heavy (non-hydrogen) atoms. The van der Waals surface area contributed by atoms with Crippen LogP contribution in [0.15, 0.2) is 0 Å². The molecular weight excluding hydrogens is 122 g/mol. The van der Waals surface area contributed by atoms with Gasteiger partial charge in [0.05, 0.1) is 0 Å². The summed E-state index contributed by atoms with van der Waals surface area (Å²) in [6.07, 6.45) is 4.36. The average Bonchev–Trinajstić information content (AvgIpc) is 2.31. The van der Waals surface area contributed by atoms with E-state index in [2.05, 4.69) is 19.2 Å². The van der Waals surface area contributed by atoms with Crippen LogP contribution in [-0.4, -0.2) is 13.1 Å². The zero-order valence-electron chi connectivity index (χ0n) is 7.19. The first-order valence-corrected chi connectivity index (χ1v) is 4.55. The third-order valence-electron chi connectivity index (χ3n) is 2.70. The van der Waals surface area contributed by atoms with E-state index in [1.165, 1.54) is 25.8 Å². The lowest BCUT2D eigenvalue weighted by atomic mass is 9.98. The van der Waals surface area contributed by atoms with E-state index in [-0.39, 0.29) is 0 Å². The van der Waals surface area contributed by atoms with Crippen LogP contribution in [0.5, 0.6) is 0 Å². The van der Waals surface area contributed by atoms with Gasteiger partial charge in [-0.15, -0.1) is 0 Å². The van der Waals surface area contributed by atoms with Crippen molar-refractivity contribution in [3.63, 3.8) is 0 Å². The highest BCUT2D eigenvalue weighted by molar-refractivity contribution is 4.75. The first-order chi connectivity index (χ1) is 4.84. The Hall–Kier alpha value is -0.0400. The van der Waals surface area contributed by atoms with Gasteiger partial charge in [-0.2, -0.15) is 0 Å². The van der Waals surface area contributed by atoms with Gasteiger partial charge in [0, 0.05) is 0 Å². The van der Waals surface area contributed by atoms with Crippen LogP contribution in [0.1, 0.15) is 33.1 Å². The molecule has 60 valence electrons. The van der Waals surface area contributed by atoms with Crippen molar-refractivity contribution in [1.29, 1.82) is 0 Å². The zero-order chi connectivity index (χ0) is 7.40. The molecule has 0 radical (unpaired) electrons. The fourth-order valence-electron chi connectivity index (χ4n) is 1.86. The highest BCUT2D eigenvalue weighted by Crippen LogP contribution is 2.30. The molecule has 1 heteroatoms. The van der Waals surface area contributed by atoms with Gasteiger partial charge in [-0.3, -0.25) is 0 Å². The Morgan fingerprint density at radius 1 is 1.40 bits per heavy atom. The molecule has 2 atom stereocenters. The van der Waals surface area contributed by atoms with Gasteiger partial charge in [0.15, 0.2) is 0 Å². The third kappa shape index (κ3) is 1.98. The van der Waals surface area contributed by atoms with Gasteiger partial charge < -0.3 is 5.32 Å². The van der Waals surface area contributed by atoms with Gasteiger partial charge in [-0.1, -0.05) is 26.7 Å². The lowest BCUT2D eigenvalue weighted by molar-refractivity contribution is 0.397. The number of nitrogens with one attached hydrogen (secondary N) is 1. The largest absolute Gasteiger partial charge is 0.317 e. The normalized spacial score (nSPS) is 33.0. The molecule has 0 aliphatic heterocycles. The van der Waals surface area contributed by atoms with E-state index < -0.39 is 0 Å². The van der Waals surface area contributed by atoms with E-state index in [1.807, 2.05) is 0 Å². The minimum Gasteiger partial charge on any atom is -0.317 e.